The summed E-state index contributed by atoms with van der Waals surface area (Å²) in [5.41, 5.74) is 4.07. The third kappa shape index (κ3) is 3.61. The number of hydrogen-bond donors (Lipinski definition) is 0. The van der Waals surface area contributed by atoms with E-state index in [4.69, 9.17) is 0 Å². The molecule has 0 spiro atoms. The van der Waals surface area contributed by atoms with Gasteiger partial charge in [-0.05, 0) is 31.4 Å². The fraction of sp³-hybridized carbons (Fsp3) is 0.286. The van der Waals surface area contributed by atoms with Gasteiger partial charge in [0.2, 0.25) is 11.6 Å². The number of pyridine rings is 1. The van der Waals surface area contributed by atoms with Gasteiger partial charge in [-0.25, -0.2) is 9.98 Å². The maximum absolute atomic E-state index is 13.3. The maximum atomic E-state index is 13.3. The summed E-state index contributed by atoms with van der Waals surface area (Å²) in [5, 5.41) is 1.23. The molecular formula is C28H18F3N5O2S3. The number of aryl methyl sites for hydroxylation is 1. The Morgan fingerprint density at radius 3 is 2.66 bits per heavy atom. The number of Topliss-reactive ketones (excluding diaryl/α,β-unsaturated/α-hetero) is 2. The van der Waals surface area contributed by atoms with Crippen molar-refractivity contribution in [2.75, 3.05) is 0 Å². The quantitative estimate of drug-likeness (QED) is 0.190. The van der Waals surface area contributed by atoms with Crippen molar-refractivity contribution < 1.29 is 22.8 Å². The smallest absolute Gasteiger partial charge is 0.342 e. The zero-order valence-electron chi connectivity index (χ0n) is 21.2. The van der Waals surface area contributed by atoms with Gasteiger partial charge in [0.15, 0.2) is 5.82 Å². The number of nitrogens with zero attached hydrogens (tertiary/aromatic N) is 5. The third-order valence-electron chi connectivity index (χ3n) is 8.41. The summed E-state index contributed by atoms with van der Waals surface area (Å²) in [6.45, 7) is 0. The lowest BCUT2D eigenvalue weighted by Gasteiger charge is -2.31. The van der Waals surface area contributed by atoms with Gasteiger partial charge < -0.3 is 4.57 Å². The molecule has 1 aromatic carbocycles. The van der Waals surface area contributed by atoms with Crippen molar-refractivity contribution in [3.63, 3.8) is 0 Å². The van der Waals surface area contributed by atoms with Crippen LogP contribution >= 0.6 is 34.4 Å². The molecule has 0 amide bonds. The van der Waals surface area contributed by atoms with E-state index < -0.39 is 35.5 Å². The highest BCUT2D eigenvalue weighted by atomic mass is 32.1. The minimum atomic E-state index is -4.39. The molecule has 206 valence electrons. The highest BCUT2D eigenvalue weighted by Crippen LogP contribution is 2.48. The first-order valence-corrected chi connectivity index (χ1v) is 15.3. The average molecular weight is 610 g/mol. The van der Waals surface area contributed by atoms with Gasteiger partial charge in [-0.3, -0.25) is 9.59 Å². The van der Waals surface area contributed by atoms with E-state index in [0.717, 1.165) is 27.7 Å². The van der Waals surface area contributed by atoms with Crippen LogP contribution in [0.1, 0.15) is 19.3 Å². The number of benzene rings is 1. The molecule has 41 heavy (non-hydrogen) atoms. The van der Waals surface area contributed by atoms with Crippen LogP contribution in [-0.2, 0) is 16.6 Å². The van der Waals surface area contributed by atoms with Gasteiger partial charge in [0.1, 0.15) is 11.0 Å². The molecule has 0 radical (unpaired) electrons. The van der Waals surface area contributed by atoms with Crippen LogP contribution in [0.3, 0.4) is 0 Å². The summed E-state index contributed by atoms with van der Waals surface area (Å²) in [5.74, 6) is -4.66. The number of rotatable bonds is 2. The number of hydrogen-bond acceptors (Lipinski definition) is 9. The lowest BCUT2D eigenvalue weighted by molar-refractivity contribution is -0.187. The molecule has 0 N–H and O–H groups in total. The van der Waals surface area contributed by atoms with Crippen LogP contribution in [0.15, 0.2) is 41.5 Å². The Kier molecular flexibility index (Phi) is 5.36. The second kappa shape index (κ2) is 8.73. The molecule has 3 unspecified atom stereocenters. The van der Waals surface area contributed by atoms with Gasteiger partial charge in [0, 0.05) is 45.6 Å². The fourth-order valence-electron chi connectivity index (χ4n) is 6.38. The number of alkyl halides is 3. The Morgan fingerprint density at radius 1 is 1.02 bits per heavy atom. The minimum Gasteiger partial charge on any atom is -0.342 e. The van der Waals surface area contributed by atoms with Crippen molar-refractivity contribution in [1.82, 2.24) is 18.3 Å². The summed E-state index contributed by atoms with van der Waals surface area (Å²) in [4.78, 5) is 35.5. The van der Waals surface area contributed by atoms with Crippen LogP contribution in [-0.4, -0.2) is 41.8 Å². The number of fused-ring (bicyclic) bond motifs is 7. The number of halogens is 3. The molecule has 8 rings (SSSR count). The predicted octanol–water partition coefficient (Wildman–Crippen LogP) is 7.49. The molecule has 7 nitrogen and oxygen atoms in total. The highest BCUT2D eigenvalue weighted by molar-refractivity contribution is 7.32. The van der Waals surface area contributed by atoms with Gasteiger partial charge >= 0.3 is 6.18 Å². The molecule has 2 saturated carbocycles. The Hall–Kier alpha value is -3.55. The molecule has 13 heteroatoms. The first-order valence-electron chi connectivity index (χ1n) is 13.0. The molecule has 2 aliphatic carbocycles. The van der Waals surface area contributed by atoms with Crippen LogP contribution in [0.4, 0.5) is 19.0 Å². The normalized spacial score (nSPS) is 22.7. The number of aliphatic imine (C=N–C) groups is 1. The number of thiophene rings is 2. The van der Waals surface area contributed by atoms with E-state index in [9.17, 15) is 22.8 Å². The molecule has 5 heterocycles. The third-order valence-corrected chi connectivity index (χ3v) is 11.4. The topological polar surface area (TPSA) is 90.1 Å². The van der Waals surface area contributed by atoms with Gasteiger partial charge in [-0.2, -0.15) is 21.9 Å². The summed E-state index contributed by atoms with van der Waals surface area (Å²) in [6.07, 6.45) is -3.18. The summed E-state index contributed by atoms with van der Waals surface area (Å²) in [6, 6.07) is 10.5. The van der Waals surface area contributed by atoms with Gasteiger partial charge in [-0.1, -0.05) is 18.2 Å². The molecule has 2 aliphatic rings. The van der Waals surface area contributed by atoms with Crippen molar-refractivity contribution in [2.45, 2.75) is 25.4 Å². The number of aromatic nitrogens is 4. The molecule has 2 fully saturated rings. The molecular weight excluding hydrogens is 592 g/mol. The van der Waals surface area contributed by atoms with E-state index in [1.54, 1.807) is 28.9 Å². The second-order valence-corrected chi connectivity index (χ2v) is 13.2. The number of ketones is 2. The van der Waals surface area contributed by atoms with Crippen LogP contribution in [0.5, 0.6) is 0 Å². The van der Waals surface area contributed by atoms with Gasteiger partial charge in [0.05, 0.1) is 43.8 Å². The zero-order valence-corrected chi connectivity index (χ0v) is 23.7. The lowest BCUT2D eigenvalue weighted by atomic mass is 9.75. The lowest BCUT2D eigenvalue weighted by Crippen LogP contribution is -2.34. The predicted molar refractivity (Wildman–Crippen MR) is 155 cm³/mol. The van der Waals surface area contributed by atoms with Crippen molar-refractivity contribution in [3.8, 4) is 10.4 Å². The molecule has 0 saturated heterocycles. The fourth-order valence-corrected chi connectivity index (χ4v) is 9.51. The monoisotopic (exact) mass is 609 g/mol. The van der Waals surface area contributed by atoms with Crippen molar-refractivity contribution in [3.05, 3.63) is 36.5 Å². The Labute approximate surface area is 241 Å². The van der Waals surface area contributed by atoms with E-state index in [0.29, 0.717) is 11.0 Å². The molecule has 5 aromatic heterocycles. The van der Waals surface area contributed by atoms with E-state index in [1.807, 2.05) is 12.1 Å². The van der Waals surface area contributed by atoms with E-state index in [2.05, 4.69) is 48.5 Å². The number of carbonyl (C=O) groups is 2. The molecule has 6 aromatic rings. The van der Waals surface area contributed by atoms with Gasteiger partial charge in [0.25, 0.3) is 0 Å². The molecule has 3 atom stereocenters. The van der Waals surface area contributed by atoms with Crippen LogP contribution < -0.4 is 0 Å². The van der Waals surface area contributed by atoms with E-state index >= 15 is 0 Å². The van der Waals surface area contributed by atoms with Gasteiger partial charge in [-0.15, -0.1) is 22.7 Å². The van der Waals surface area contributed by atoms with Crippen LogP contribution in [0.2, 0.25) is 0 Å². The summed E-state index contributed by atoms with van der Waals surface area (Å²) >= 11 is 4.41. The number of carbonyl (C=O) groups excluding carboxylic acids is 2. The molecule has 0 bridgehead atoms. The standard InChI is InChI=1S/C28H18F3N5O2S3/c1-36-16-9-18(40-25(16)26-22(36)13-4-2-3-5-17(13)39-26)15-10-32-27(21-19(15)34-41-35-21)33-20-12-7-6-11(28(29,30)31)8-14(12)23(37)24(20)38/h2-5,9-12,14H,6-8H2,1H3. The Bertz CT molecular complexity index is 2120. The van der Waals surface area contributed by atoms with Crippen molar-refractivity contribution in [2.24, 2.45) is 29.8 Å². The average Bonchev–Trinajstić information content (AvgIpc) is 3.76. The van der Waals surface area contributed by atoms with Crippen molar-refractivity contribution in [1.29, 1.82) is 0 Å². The first kappa shape index (κ1) is 25.2. The first-order chi connectivity index (χ1) is 19.7. The summed E-state index contributed by atoms with van der Waals surface area (Å²) < 4.78 is 54.7. The van der Waals surface area contributed by atoms with Crippen LogP contribution in [0.25, 0.3) is 52.0 Å². The Balaban J connectivity index is 1.20. The highest BCUT2D eigenvalue weighted by Gasteiger charge is 2.54. The van der Waals surface area contributed by atoms with E-state index in [1.165, 1.54) is 25.0 Å². The Morgan fingerprint density at radius 2 is 1.83 bits per heavy atom. The molecule has 0 aliphatic heterocycles. The summed E-state index contributed by atoms with van der Waals surface area (Å²) in [7, 11) is 2.06. The van der Waals surface area contributed by atoms with Crippen LogP contribution in [0, 0.1) is 17.8 Å². The minimum absolute atomic E-state index is 0.0100. The zero-order chi connectivity index (χ0) is 28.2. The largest absolute Gasteiger partial charge is 0.391 e. The second-order valence-electron chi connectivity index (χ2n) is 10.6. The van der Waals surface area contributed by atoms with E-state index in [-0.39, 0.29) is 30.8 Å². The maximum Gasteiger partial charge on any atom is 0.391 e. The van der Waals surface area contributed by atoms with Crippen molar-refractivity contribution >= 4 is 99.1 Å². The SMILES string of the molecule is Cn1c2cc(-c3cnc(N=C4C(=O)C(=O)C5CC(C(F)(F)F)CCC45)c4nsnc34)sc2c2sc3ccccc3c21.